The first-order chi connectivity index (χ1) is 8.02. The summed E-state index contributed by atoms with van der Waals surface area (Å²) in [5, 5.41) is 0. The molecule has 90 valence electrons. The van der Waals surface area contributed by atoms with Crippen molar-refractivity contribution in [3.05, 3.63) is 41.5 Å². The highest BCUT2D eigenvalue weighted by molar-refractivity contribution is 6.22. The van der Waals surface area contributed by atoms with Gasteiger partial charge < -0.3 is 4.74 Å². The maximum atomic E-state index is 11.7. The van der Waals surface area contributed by atoms with Gasteiger partial charge in [0.25, 0.3) is 0 Å². The second-order valence-electron chi connectivity index (χ2n) is 3.74. The van der Waals surface area contributed by atoms with Gasteiger partial charge in [0.15, 0.2) is 5.78 Å². The van der Waals surface area contributed by atoms with E-state index in [9.17, 15) is 9.59 Å². The Kier molecular flexibility index (Phi) is 4.21. The number of allylic oxidation sites excluding steroid dienone is 1. The SMILES string of the molecule is C=C(C(=O)CC)c1c(C)cccc1C(=O)OC. The van der Waals surface area contributed by atoms with Crippen molar-refractivity contribution in [2.45, 2.75) is 20.3 Å². The Balaban J connectivity index is 3.35. The van der Waals surface area contributed by atoms with Gasteiger partial charge in [-0.15, -0.1) is 0 Å². The minimum atomic E-state index is -0.450. The van der Waals surface area contributed by atoms with Crippen LogP contribution >= 0.6 is 0 Å². The van der Waals surface area contributed by atoms with Gasteiger partial charge in [-0.1, -0.05) is 25.6 Å². The van der Waals surface area contributed by atoms with Crippen molar-refractivity contribution < 1.29 is 14.3 Å². The van der Waals surface area contributed by atoms with E-state index in [2.05, 4.69) is 6.58 Å². The van der Waals surface area contributed by atoms with Crippen LogP contribution < -0.4 is 0 Å². The van der Waals surface area contributed by atoms with Crippen molar-refractivity contribution in [1.29, 1.82) is 0 Å². The van der Waals surface area contributed by atoms with Crippen LogP contribution in [-0.4, -0.2) is 18.9 Å². The molecule has 0 radical (unpaired) electrons. The number of Topliss-reactive ketones (excluding diaryl/α,β-unsaturated/α-hetero) is 1. The number of rotatable bonds is 4. The van der Waals surface area contributed by atoms with E-state index in [1.807, 2.05) is 13.0 Å². The summed E-state index contributed by atoms with van der Waals surface area (Å²) in [6, 6.07) is 5.24. The molecule has 1 aromatic rings. The molecule has 0 saturated heterocycles. The van der Waals surface area contributed by atoms with Crippen LogP contribution in [0.1, 0.15) is 34.8 Å². The van der Waals surface area contributed by atoms with E-state index in [1.54, 1.807) is 19.1 Å². The van der Waals surface area contributed by atoms with Crippen LogP contribution in [0.4, 0.5) is 0 Å². The van der Waals surface area contributed by atoms with Crippen molar-refractivity contribution in [2.24, 2.45) is 0 Å². The number of hydrogen-bond acceptors (Lipinski definition) is 3. The van der Waals surface area contributed by atoms with Crippen LogP contribution in [0.2, 0.25) is 0 Å². The van der Waals surface area contributed by atoms with Crippen molar-refractivity contribution in [2.75, 3.05) is 7.11 Å². The minimum absolute atomic E-state index is 0.0653. The molecule has 0 aliphatic rings. The molecular formula is C14H16O3. The Labute approximate surface area is 101 Å². The highest BCUT2D eigenvalue weighted by Crippen LogP contribution is 2.24. The van der Waals surface area contributed by atoms with Crippen molar-refractivity contribution in [1.82, 2.24) is 0 Å². The zero-order valence-corrected chi connectivity index (χ0v) is 10.4. The maximum absolute atomic E-state index is 11.7. The summed E-state index contributed by atoms with van der Waals surface area (Å²) in [7, 11) is 1.32. The number of ketones is 1. The molecule has 0 aliphatic carbocycles. The third-order valence-electron chi connectivity index (χ3n) is 2.64. The molecule has 0 atom stereocenters. The molecule has 0 fully saturated rings. The predicted octanol–water partition coefficient (Wildman–Crippen LogP) is 2.77. The molecule has 3 heteroatoms. The lowest BCUT2D eigenvalue weighted by Crippen LogP contribution is -2.10. The van der Waals surface area contributed by atoms with Gasteiger partial charge in [0.2, 0.25) is 0 Å². The molecule has 0 bridgehead atoms. The fraction of sp³-hybridized carbons (Fsp3) is 0.286. The van der Waals surface area contributed by atoms with Gasteiger partial charge in [0.1, 0.15) is 0 Å². The van der Waals surface area contributed by atoms with Gasteiger partial charge in [-0.3, -0.25) is 4.79 Å². The first kappa shape index (κ1) is 13.2. The van der Waals surface area contributed by atoms with Gasteiger partial charge >= 0.3 is 5.97 Å². The lowest BCUT2D eigenvalue weighted by Gasteiger charge is -2.12. The standard InChI is InChI=1S/C14H16O3/c1-5-12(15)10(3)13-9(2)7-6-8-11(13)14(16)17-4/h6-8H,3,5H2,1-2,4H3. The molecule has 0 N–H and O–H groups in total. The van der Waals surface area contributed by atoms with Gasteiger partial charge in [-0.25, -0.2) is 4.79 Å². The molecule has 3 nitrogen and oxygen atoms in total. The zero-order valence-electron chi connectivity index (χ0n) is 10.4. The molecule has 0 aromatic heterocycles. The highest BCUT2D eigenvalue weighted by Gasteiger charge is 2.18. The number of carbonyl (C=O) groups excluding carboxylic acids is 2. The van der Waals surface area contributed by atoms with E-state index >= 15 is 0 Å². The van der Waals surface area contributed by atoms with E-state index in [4.69, 9.17) is 4.74 Å². The van der Waals surface area contributed by atoms with Gasteiger partial charge in [-0.2, -0.15) is 0 Å². The summed E-state index contributed by atoms with van der Waals surface area (Å²) >= 11 is 0. The Bertz CT molecular complexity index is 472. The maximum Gasteiger partial charge on any atom is 0.338 e. The second-order valence-corrected chi connectivity index (χ2v) is 3.74. The Morgan fingerprint density at radius 2 is 2.00 bits per heavy atom. The van der Waals surface area contributed by atoms with E-state index in [1.165, 1.54) is 7.11 Å². The molecule has 0 saturated carbocycles. The Morgan fingerprint density at radius 1 is 1.35 bits per heavy atom. The number of esters is 1. The molecule has 0 unspecified atom stereocenters. The summed E-state index contributed by atoms with van der Waals surface area (Å²) in [6.07, 6.45) is 0.369. The molecule has 1 rings (SSSR count). The first-order valence-corrected chi connectivity index (χ1v) is 5.43. The topological polar surface area (TPSA) is 43.4 Å². The monoisotopic (exact) mass is 232 g/mol. The lowest BCUT2D eigenvalue weighted by atomic mass is 9.93. The van der Waals surface area contributed by atoms with E-state index in [0.717, 1.165) is 5.56 Å². The van der Waals surface area contributed by atoms with Gasteiger partial charge in [0.05, 0.1) is 12.7 Å². The largest absolute Gasteiger partial charge is 0.465 e. The van der Waals surface area contributed by atoms with Crippen LogP contribution in [0.5, 0.6) is 0 Å². The number of aryl methyl sites for hydroxylation is 1. The lowest BCUT2D eigenvalue weighted by molar-refractivity contribution is -0.113. The smallest absolute Gasteiger partial charge is 0.338 e. The molecule has 17 heavy (non-hydrogen) atoms. The number of ether oxygens (including phenoxy) is 1. The molecule has 1 aromatic carbocycles. The summed E-state index contributed by atoms with van der Waals surface area (Å²) < 4.78 is 4.70. The van der Waals surface area contributed by atoms with Crippen LogP contribution in [0, 0.1) is 6.92 Å². The number of hydrogen-bond donors (Lipinski definition) is 0. The fourth-order valence-corrected chi connectivity index (χ4v) is 1.70. The van der Waals surface area contributed by atoms with Crippen molar-refractivity contribution in [3.63, 3.8) is 0 Å². The summed E-state index contributed by atoms with van der Waals surface area (Å²) in [4.78, 5) is 23.3. The quantitative estimate of drug-likeness (QED) is 0.592. The van der Waals surface area contributed by atoms with Crippen LogP contribution in [0.15, 0.2) is 24.8 Å². The summed E-state index contributed by atoms with van der Waals surface area (Å²) in [5.41, 5.74) is 2.19. The van der Waals surface area contributed by atoms with Gasteiger partial charge in [-0.05, 0) is 18.6 Å². The molecule has 0 spiro atoms. The average molecular weight is 232 g/mol. The first-order valence-electron chi connectivity index (χ1n) is 5.43. The van der Waals surface area contributed by atoms with E-state index < -0.39 is 5.97 Å². The molecule has 0 heterocycles. The summed E-state index contributed by atoms with van der Waals surface area (Å²) in [6.45, 7) is 7.39. The number of benzene rings is 1. The number of methoxy groups -OCH3 is 1. The Hall–Kier alpha value is -1.90. The van der Waals surface area contributed by atoms with Crippen molar-refractivity contribution >= 4 is 17.3 Å². The average Bonchev–Trinajstić information content (AvgIpc) is 2.35. The van der Waals surface area contributed by atoms with Gasteiger partial charge in [0, 0.05) is 17.6 Å². The van der Waals surface area contributed by atoms with Crippen LogP contribution in [0.25, 0.3) is 5.57 Å². The normalized spacial score (nSPS) is 9.82. The van der Waals surface area contributed by atoms with Crippen LogP contribution in [0.3, 0.4) is 0 Å². The molecule has 0 amide bonds. The molecule has 0 aliphatic heterocycles. The number of carbonyl (C=O) groups is 2. The Morgan fingerprint density at radius 3 is 2.53 bits per heavy atom. The molecular weight excluding hydrogens is 216 g/mol. The predicted molar refractivity (Wildman–Crippen MR) is 66.9 cm³/mol. The van der Waals surface area contributed by atoms with E-state index in [0.29, 0.717) is 23.1 Å². The summed E-state index contributed by atoms with van der Waals surface area (Å²) in [5.74, 6) is -0.516. The van der Waals surface area contributed by atoms with Crippen LogP contribution in [-0.2, 0) is 9.53 Å². The third kappa shape index (κ3) is 2.61. The second kappa shape index (κ2) is 5.43. The zero-order chi connectivity index (χ0) is 13.0. The fourth-order valence-electron chi connectivity index (χ4n) is 1.70. The van der Waals surface area contributed by atoms with E-state index in [-0.39, 0.29) is 5.78 Å². The third-order valence-corrected chi connectivity index (χ3v) is 2.64. The van der Waals surface area contributed by atoms with Crippen molar-refractivity contribution in [3.8, 4) is 0 Å². The highest BCUT2D eigenvalue weighted by atomic mass is 16.5. The minimum Gasteiger partial charge on any atom is -0.465 e.